The van der Waals surface area contributed by atoms with Crippen molar-refractivity contribution in [3.05, 3.63) is 16.3 Å². The number of esters is 1. The third-order valence-corrected chi connectivity index (χ3v) is 6.09. The first-order chi connectivity index (χ1) is 12.8. The van der Waals surface area contributed by atoms with Crippen molar-refractivity contribution in [3.8, 4) is 0 Å². The molecule has 1 aliphatic heterocycles. The standard InChI is InChI=1S/C19H26N4O3S/c1-6-26-19(25)15-11(2)14-16(20-12(3)21-17(14)27-15)23-9-7-13(8-10-23)18(24)22(4)5/h13H,6-10H2,1-5H3. The Hall–Kier alpha value is -2.22. The molecule has 1 amide bonds. The highest BCUT2D eigenvalue weighted by Gasteiger charge is 2.29. The Morgan fingerprint density at radius 1 is 1.22 bits per heavy atom. The normalized spacial score (nSPS) is 15.2. The van der Waals surface area contributed by atoms with E-state index in [0.29, 0.717) is 17.3 Å². The summed E-state index contributed by atoms with van der Waals surface area (Å²) in [6, 6.07) is 0. The van der Waals surface area contributed by atoms with Crippen LogP contribution in [0, 0.1) is 19.8 Å². The summed E-state index contributed by atoms with van der Waals surface area (Å²) >= 11 is 1.36. The molecule has 2 aromatic heterocycles. The van der Waals surface area contributed by atoms with Crippen LogP contribution in [0.2, 0.25) is 0 Å². The van der Waals surface area contributed by atoms with Crippen LogP contribution in [-0.2, 0) is 9.53 Å². The molecule has 3 rings (SSSR count). The Kier molecular flexibility index (Phi) is 5.64. The first-order valence-electron chi connectivity index (χ1n) is 9.24. The third-order valence-electron chi connectivity index (χ3n) is 4.93. The van der Waals surface area contributed by atoms with Crippen molar-refractivity contribution >= 4 is 39.2 Å². The Morgan fingerprint density at radius 2 is 1.89 bits per heavy atom. The van der Waals surface area contributed by atoms with Gasteiger partial charge < -0.3 is 14.5 Å². The van der Waals surface area contributed by atoms with E-state index < -0.39 is 0 Å². The number of fused-ring (bicyclic) bond motifs is 1. The van der Waals surface area contributed by atoms with E-state index in [-0.39, 0.29) is 17.8 Å². The Balaban J connectivity index is 1.93. The molecule has 3 heterocycles. The maximum Gasteiger partial charge on any atom is 0.348 e. The largest absolute Gasteiger partial charge is 0.462 e. The van der Waals surface area contributed by atoms with Gasteiger partial charge in [0.1, 0.15) is 21.3 Å². The minimum absolute atomic E-state index is 0.0633. The highest BCUT2D eigenvalue weighted by molar-refractivity contribution is 7.20. The number of ether oxygens (including phenoxy) is 1. The van der Waals surface area contributed by atoms with Gasteiger partial charge in [0.25, 0.3) is 0 Å². The molecule has 1 fully saturated rings. The van der Waals surface area contributed by atoms with Crippen molar-refractivity contribution in [1.82, 2.24) is 14.9 Å². The third kappa shape index (κ3) is 3.76. The summed E-state index contributed by atoms with van der Waals surface area (Å²) in [7, 11) is 3.61. The van der Waals surface area contributed by atoms with E-state index in [1.54, 1.807) is 25.9 Å². The number of nitrogens with zero attached hydrogens (tertiary/aromatic N) is 4. The van der Waals surface area contributed by atoms with E-state index >= 15 is 0 Å². The van der Waals surface area contributed by atoms with Crippen LogP contribution < -0.4 is 4.90 Å². The average Bonchev–Trinajstić information content (AvgIpc) is 2.97. The predicted molar refractivity (Wildman–Crippen MR) is 106 cm³/mol. The number of amides is 1. The van der Waals surface area contributed by atoms with Gasteiger partial charge >= 0.3 is 5.97 Å². The van der Waals surface area contributed by atoms with Crippen LogP contribution in [0.4, 0.5) is 5.82 Å². The van der Waals surface area contributed by atoms with Gasteiger partial charge in [0.05, 0.1) is 12.0 Å². The number of hydrogen-bond donors (Lipinski definition) is 0. The number of carbonyl (C=O) groups excluding carboxylic acids is 2. The first kappa shape index (κ1) is 19.5. The SMILES string of the molecule is CCOC(=O)c1sc2nc(C)nc(N3CCC(C(=O)N(C)C)CC3)c2c1C. The zero-order valence-electron chi connectivity index (χ0n) is 16.5. The maximum atomic E-state index is 12.3. The highest BCUT2D eigenvalue weighted by Crippen LogP contribution is 2.37. The molecule has 0 aromatic carbocycles. The van der Waals surface area contributed by atoms with Crippen molar-refractivity contribution in [1.29, 1.82) is 0 Å². The molecule has 8 heteroatoms. The molecular weight excluding hydrogens is 364 g/mol. The molecule has 0 radical (unpaired) electrons. The first-order valence-corrected chi connectivity index (χ1v) is 10.1. The molecule has 0 atom stereocenters. The number of carbonyl (C=O) groups is 2. The summed E-state index contributed by atoms with van der Waals surface area (Å²) in [5, 5.41) is 0.922. The topological polar surface area (TPSA) is 75.6 Å². The molecule has 0 aliphatic carbocycles. The van der Waals surface area contributed by atoms with Gasteiger partial charge in [-0.15, -0.1) is 11.3 Å². The molecular formula is C19H26N4O3S. The second-order valence-electron chi connectivity index (χ2n) is 7.05. The van der Waals surface area contributed by atoms with E-state index in [2.05, 4.69) is 14.9 Å². The smallest absolute Gasteiger partial charge is 0.348 e. The maximum absolute atomic E-state index is 12.3. The van der Waals surface area contributed by atoms with E-state index in [1.807, 2.05) is 13.8 Å². The molecule has 0 spiro atoms. The number of thiophene rings is 1. The van der Waals surface area contributed by atoms with Crippen molar-refractivity contribution in [2.45, 2.75) is 33.6 Å². The van der Waals surface area contributed by atoms with E-state index in [4.69, 9.17) is 4.74 Å². The molecule has 27 heavy (non-hydrogen) atoms. The summed E-state index contributed by atoms with van der Waals surface area (Å²) in [5.41, 5.74) is 0.870. The fourth-order valence-corrected chi connectivity index (χ4v) is 4.66. The van der Waals surface area contributed by atoms with Crippen LogP contribution in [0.25, 0.3) is 10.2 Å². The van der Waals surface area contributed by atoms with Crippen LogP contribution in [0.1, 0.15) is 40.8 Å². The minimum Gasteiger partial charge on any atom is -0.462 e. The summed E-state index contributed by atoms with van der Waals surface area (Å²) in [4.78, 5) is 39.0. The van der Waals surface area contributed by atoms with Crippen LogP contribution in [0.15, 0.2) is 0 Å². The summed E-state index contributed by atoms with van der Waals surface area (Å²) in [6.45, 7) is 7.46. The molecule has 0 bridgehead atoms. The summed E-state index contributed by atoms with van der Waals surface area (Å²) in [5.74, 6) is 1.48. The second-order valence-corrected chi connectivity index (χ2v) is 8.04. The van der Waals surface area contributed by atoms with Crippen molar-refractivity contribution in [2.75, 3.05) is 38.7 Å². The van der Waals surface area contributed by atoms with Crippen molar-refractivity contribution in [2.24, 2.45) is 5.92 Å². The van der Waals surface area contributed by atoms with Crippen molar-refractivity contribution in [3.63, 3.8) is 0 Å². The minimum atomic E-state index is -0.308. The number of aryl methyl sites for hydroxylation is 2. The lowest BCUT2D eigenvalue weighted by molar-refractivity contribution is -0.133. The van der Waals surface area contributed by atoms with E-state index in [0.717, 1.165) is 47.5 Å². The van der Waals surface area contributed by atoms with Crippen LogP contribution in [0.5, 0.6) is 0 Å². The lowest BCUT2D eigenvalue weighted by Crippen LogP contribution is -2.40. The molecule has 7 nitrogen and oxygen atoms in total. The molecule has 0 N–H and O–H groups in total. The summed E-state index contributed by atoms with van der Waals surface area (Å²) in [6.07, 6.45) is 1.60. The Morgan fingerprint density at radius 3 is 2.48 bits per heavy atom. The highest BCUT2D eigenvalue weighted by atomic mass is 32.1. The van der Waals surface area contributed by atoms with E-state index in [9.17, 15) is 9.59 Å². The van der Waals surface area contributed by atoms with E-state index in [1.165, 1.54) is 11.3 Å². The van der Waals surface area contributed by atoms with Gasteiger partial charge in [-0.3, -0.25) is 4.79 Å². The number of aromatic nitrogens is 2. The van der Waals surface area contributed by atoms with Gasteiger partial charge in [0.2, 0.25) is 5.91 Å². The van der Waals surface area contributed by atoms with Gasteiger partial charge in [-0.05, 0) is 39.2 Å². The number of hydrogen-bond acceptors (Lipinski definition) is 7. The zero-order chi connectivity index (χ0) is 19.7. The quantitative estimate of drug-likeness (QED) is 0.747. The molecule has 0 unspecified atom stereocenters. The fraction of sp³-hybridized carbons (Fsp3) is 0.579. The Bertz CT molecular complexity index is 869. The summed E-state index contributed by atoms with van der Waals surface area (Å²) < 4.78 is 5.18. The lowest BCUT2D eigenvalue weighted by atomic mass is 9.95. The Labute approximate surface area is 163 Å². The predicted octanol–water partition coefficient (Wildman–Crippen LogP) is 2.79. The molecule has 146 valence electrons. The fourth-order valence-electron chi connectivity index (χ4n) is 3.54. The monoisotopic (exact) mass is 390 g/mol. The average molecular weight is 391 g/mol. The molecule has 0 saturated carbocycles. The number of anilines is 1. The van der Waals surface area contributed by atoms with Gasteiger partial charge in [-0.25, -0.2) is 14.8 Å². The van der Waals surface area contributed by atoms with Crippen LogP contribution in [-0.4, -0.2) is 60.5 Å². The molecule has 1 saturated heterocycles. The van der Waals surface area contributed by atoms with Gasteiger partial charge in [-0.2, -0.15) is 0 Å². The van der Waals surface area contributed by atoms with Gasteiger partial charge in [-0.1, -0.05) is 0 Å². The van der Waals surface area contributed by atoms with Crippen molar-refractivity contribution < 1.29 is 14.3 Å². The van der Waals surface area contributed by atoms with Crippen LogP contribution >= 0.6 is 11.3 Å². The lowest BCUT2D eigenvalue weighted by Gasteiger charge is -2.33. The van der Waals surface area contributed by atoms with Gasteiger partial charge in [0.15, 0.2) is 0 Å². The van der Waals surface area contributed by atoms with Crippen LogP contribution in [0.3, 0.4) is 0 Å². The number of rotatable bonds is 4. The number of piperidine rings is 1. The molecule has 1 aliphatic rings. The second kappa shape index (κ2) is 7.80. The van der Waals surface area contributed by atoms with Gasteiger partial charge in [0, 0.05) is 33.1 Å². The molecule has 2 aromatic rings. The zero-order valence-corrected chi connectivity index (χ0v) is 17.4.